The lowest BCUT2D eigenvalue weighted by molar-refractivity contribution is -0.142. The summed E-state index contributed by atoms with van der Waals surface area (Å²) in [6.45, 7) is -0.160. The van der Waals surface area contributed by atoms with Crippen molar-refractivity contribution in [1.29, 1.82) is 0 Å². The Bertz CT molecular complexity index is 580. The topological polar surface area (TPSA) is 109 Å². The van der Waals surface area contributed by atoms with Crippen LogP contribution in [0.2, 0.25) is 0 Å². The third kappa shape index (κ3) is 1.84. The number of nitrogens with zero attached hydrogens (tertiary/aromatic N) is 1. The van der Waals surface area contributed by atoms with Crippen LogP contribution in [0.1, 0.15) is 12.8 Å². The molecule has 2 aliphatic rings. The molecular weight excluding hydrogens is 282 g/mol. The maximum absolute atomic E-state index is 12.1. The zero-order valence-electron chi connectivity index (χ0n) is 9.87. The molecule has 2 heterocycles. The fourth-order valence-corrected chi connectivity index (χ4v) is 6.23. The molecule has 1 N–H and O–H groups in total. The van der Waals surface area contributed by atoms with E-state index in [0.717, 1.165) is 10.6 Å². The van der Waals surface area contributed by atoms with E-state index in [1.165, 1.54) is 0 Å². The number of hydrogen-bond donors (Lipinski definition) is 1. The molecule has 0 radical (unpaired) electrons. The van der Waals surface area contributed by atoms with Gasteiger partial charge < -0.3 is 5.11 Å². The summed E-state index contributed by atoms with van der Waals surface area (Å²) >= 11 is 0. The number of hydrogen-bond acceptors (Lipinski definition) is 5. The Balaban J connectivity index is 2.44. The first-order chi connectivity index (χ1) is 8.10. The lowest BCUT2D eigenvalue weighted by atomic mass is 9.89. The molecule has 0 aromatic carbocycles. The molecular formula is C9H15NO6S2. The fourth-order valence-electron chi connectivity index (χ4n) is 2.90. The van der Waals surface area contributed by atoms with E-state index >= 15 is 0 Å². The molecule has 2 aliphatic heterocycles. The van der Waals surface area contributed by atoms with Gasteiger partial charge in [0.15, 0.2) is 9.84 Å². The Morgan fingerprint density at radius 2 is 2.06 bits per heavy atom. The molecule has 0 bridgehead atoms. The van der Waals surface area contributed by atoms with E-state index in [1.54, 1.807) is 0 Å². The summed E-state index contributed by atoms with van der Waals surface area (Å²) in [5.41, 5.74) is 0. The quantitative estimate of drug-likeness (QED) is 0.693. The zero-order valence-corrected chi connectivity index (χ0v) is 11.5. The Morgan fingerprint density at radius 3 is 2.50 bits per heavy atom. The first-order valence-electron chi connectivity index (χ1n) is 5.50. The SMILES string of the molecule is CS(=O)(=O)N1CC[C@]2(C1)[C@@H](C(=O)O)CCS2(=O)=O. The molecule has 104 valence electrons. The van der Waals surface area contributed by atoms with Crippen LogP contribution < -0.4 is 0 Å². The molecule has 2 fully saturated rings. The summed E-state index contributed by atoms with van der Waals surface area (Å²) in [7, 11) is -7.05. The van der Waals surface area contributed by atoms with Gasteiger partial charge >= 0.3 is 5.97 Å². The van der Waals surface area contributed by atoms with Crippen molar-refractivity contribution in [3.8, 4) is 0 Å². The van der Waals surface area contributed by atoms with Gasteiger partial charge in [-0.3, -0.25) is 4.79 Å². The van der Waals surface area contributed by atoms with Gasteiger partial charge in [0.25, 0.3) is 0 Å². The standard InChI is InChI=1S/C9H15NO6S2/c1-17(13,14)10-4-3-9(6-10)7(8(11)12)2-5-18(9,15)16/h7H,2-6H2,1H3,(H,11,12)/t7-,9+/m1/s1. The van der Waals surface area contributed by atoms with Crippen molar-refractivity contribution in [2.24, 2.45) is 5.92 Å². The zero-order chi connectivity index (χ0) is 13.8. The maximum Gasteiger partial charge on any atom is 0.308 e. The second kappa shape index (κ2) is 3.91. The van der Waals surface area contributed by atoms with Gasteiger partial charge in [-0.05, 0) is 12.8 Å². The molecule has 0 aliphatic carbocycles. The van der Waals surface area contributed by atoms with Crippen molar-refractivity contribution in [3.63, 3.8) is 0 Å². The Hall–Kier alpha value is -0.670. The second-order valence-corrected chi connectivity index (χ2v) is 9.34. The van der Waals surface area contributed by atoms with Crippen LogP contribution in [0.5, 0.6) is 0 Å². The van der Waals surface area contributed by atoms with Gasteiger partial charge in [-0.25, -0.2) is 21.1 Å². The highest BCUT2D eigenvalue weighted by molar-refractivity contribution is 7.93. The minimum atomic E-state index is -3.56. The van der Waals surface area contributed by atoms with E-state index in [1.807, 2.05) is 0 Å². The van der Waals surface area contributed by atoms with Gasteiger partial charge in [0.1, 0.15) is 4.75 Å². The van der Waals surface area contributed by atoms with Crippen molar-refractivity contribution < 1.29 is 26.7 Å². The van der Waals surface area contributed by atoms with E-state index in [0.29, 0.717) is 0 Å². The highest BCUT2D eigenvalue weighted by Gasteiger charge is 2.61. The van der Waals surface area contributed by atoms with Crippen molar-refractivity contribution in [2.45, 2.75) is 17.6 Å². The number of carboxylic acids is 1. The number of aliphatic carboxylic acids is 1. The van der Waals surface area contributed by atoms with E-state index in [2.05, 4.69) is 0 Å². The smallest absolute Gasteiger partial charge is 0.308 e. The highest BCUT2D eigenvalue weighted by Crippen LogP contribution is 2.45. The number of sulfone groups is 1. The number of carbonyl (C=O) groups is 1. The van der Waals surface area contributed by atoms with Gasteiger partial charge in [0.2, 0.25) is 10.0 Å². The number of rotatable bonds is 2. The summed E-state index contributed by atoms with van der Waals surface area (Å²) in [5, 5.41) is 9.13. The summed E-state index contributed by atoms with van der Waals surface area (Å²) in [4.78, 5) is 11.2. The van der Waals surface area contributed by atoms with Crippen LogP contribution in [-0.2, 0) is 24.7 Å². The van der Waals surface area contributed by atoms with Crippen LogP contribution >= 0.6 is 0 Å². The molecule has 9 heteroatoms. The third-order valence-corrected chi connectivity index (χ3v) is 7.80. The molecule has 0 saturated carbocycles. The largest absolute Gasteiger partial charge is 0.481 e. The predicted molar refractivity (Wildman–Crippen MR) is 63.3 cm³/mol. The van der Waals surface area contributed by atoms with E-state index in [4.69, 9.17) is 5.11 Å². The van der Waals surface area contributed by atoms with Crippen LogP contribution in [0.4, 0.5) is 0 Å². The van der Waals surface area contributed by atoms with Gasteiger partial charge in [0, 0.05) is 13.1 Å². The lowest BCUT2D eigenvalue weighted by Gasteiger charge is -2.26. The molecule has 7 nitrogen and oxygen atoms in total. The molecule has 2 atom stereocenters. The van der Waals surface area contributed by atoms with Gasteiger partial charge in [-0.15, -0.1) is 0 Å². The molecule has 0 aromatic rings. The Labute approximate surface area is 106 Å². The van der Waals surface area contributed by atoms with Crippen LogP contribution in [0, 0.1) is 5.92 Å². The summed E-state index contributed by atoms with van der Waals surface area (Å²) in [6, 6.07) is 0. The fraction of sp³-hybridized carbons (Fsp3) is 0.889. The number of carboxylic acid groups (broad SMARTS) is 1. The summed E-state index contributed by atoms with van der Waals surface area (Å²) in [6.07, 6.45) is 1.14. The van der Waals surface area contributed by atoms with E-state index < -0.39 is 36.5 Å². The molecule has 0 aromatic heterocycles. The Kier molecular flexibility index (Phi) is 2.99. The second-order valence-electron chi connectivity index (χ2n) is 4.91. The molecule has 1 spiro atoms. The van der Waals surface area contributed by atoms with Crippen LogP contribution in [-0.4, -0.2) is 62.1 Å². The number of sulfonamides is 1. The van der Waals surface area contributed by atoms with Crippen LogP contribution in [0.25, 0.3) is 0 Å². The van der Waals surface area contributed by atoms with Crippen molar-refractivity contribution >= 4 is 25.8 Å². The van der Waals surface area contributed by atoms with Gasteiger partial charge in [-0.1, -0.05) is 0 Å². The van der Waals surface area contributed by atoms with Crippen LogP contribution in [0.15, 0.2) is 0 Å². The maximum atomic E-state index is 12.1. The normalized spacial score (nSPS) is 36.2. The first-order valence-corrected chi connectivity index (χ1v) is 9.00. The van der Waals surface area contributed by atoms with Gasteiger partial charge in [0.05, 0.1) is 17.9 Å². The molecule has 2 saturated heterocycles. The minimum Gasteiger partial charge on any atom is -0.481 e. The average molecular weight is 297 g/mol. The van der Waals surface area contributed by atoms with Crippen LogP contribution in [0.3, 0.4) is 0 Å². The highest BCUT2D eigenvalue weighted by atomic mass is 32.2. The molecule has 0 amide bonds. The third-order valence-electron chi connectivity index (χ3n) is 3.93. The van der Waals surface area contributed by atoms with E-state index in [9.17, 15) is 21.6 Å². The molecule has 2 rings (SSSR count). The first kappa shape index (κ1) is 13.8. The van der Waals surface area contributed by atoms with Crippen molar-refractivity contribution in [3.05, 3.63) is 0 Å². The predicted octanol–water partition coefficient (Wildman–Crippen LogP) is -1.09. The monoisotopic (exact) mass is 297 g/mol. The molecule has 18 heavy (non-hydrogen) atoms. The Morgan fingerprint density at radius 1 is 1.44 bits per heavy atom. The lowest BCUT2D eigenvalue weighted by Crippen LogP contribution is -2.46. The average Bonchev–Trinajstić information content (AvgIpc) is 2.71. The minimum absolute atomic E-state index is 0.0648. The van der Waals surface area contributed by atoms with Gasteiger partial charge in [-0.2, -0.15) is 0 Å². The summed E-state index contributed by atoms with van der Waals surface area (Å²) < 4.78 is 46.7. The van der Waals surface area contributed by atoms with E-state index in [-0.39, 0.29) is 31.7 Å². The summed E-state index contributed by atoms with van der Waals surface area (Å²) in [5.74, 6) is -2.35. The molecule has 0 unspecified atom stereocenters. The van der Waals surface area contributed by atoms with Crippen molar-refractivity contribution in [2.75, 3.05) is 25.1 Å². The van der Waals surface area contributed by atoms with Crippen molar-refractivity contribution in [1.82, 2.24) is 4.31 Å².